The summed E-state index contributed by atoms with van der Waals surface area (Å²) in [5, 5.41) is 3.61. The van der Waals surface area contributed by atoms with Gasteiger partial charge in [-0.3, -0.25) is 0 Å². The summed E-state index contributed by atoms with van der Waals surface area (Å²) < 4.78 is 0. The number of rotatable bonds is 6. The first kappa shape index (κ1) is 15.4. The maximum absolute atomic E-state index is 3.61. The van der Waals surface area contributed by atoms with Gasteiger partial charge in [0.25, 0.3) is 0 Å². The van der Waals surface area contributed by atoms with Crippen molar-refractivity contribution < 1.29 is 0 Å². The van der Waals surface area contributed by atoms with Crippen LogP contribution in [0.2, 0.25) is 0 Å². The lowest BCUT2D eigenvalue weighted by Gasteiger charge is -2.34. The SMILES string of the molecule is CCN(CC1CCC1)c1ccccc1CNC(C)(C)C. The average Bonchev–Trinajstić information content (AvgIpc) is 2.35. The van der Waals surface area contributed by atoms with Gasteiger partial charge in [0.15, 0.2) is 0 Å². The summed E-state index contributed by atoms with van der Waals surface area (Å²) in [5.74, 6) is 0.915. The van der Waals surface area contributed by atoms with E-state index in [1.165, 1.54) is 37.1 Å². The minimum Gasteiger partial charge on any atom is -0.371 e. The number of nitrogens with one attached hydrogen (secondary N) is 1. The number of hydrogen-bond donors (Lipinski definition) is 1. The molecular formula is C18H30N2. The van der Waals surface area contributed by atoms with Crippen LogP contribution in [0.4, 0.5) is 5.69 Å². The minimum absolute atomic E-state index is 0.165. The number of hydrogen-bond acceptors (Lipinski definition) is 2. The van der Waals surface area contributed by atoms with Crippen molar-refractivity contribution in [1.82, 2.24) is 5.32 Å². The molecule has 0 amide bonds. The molecule has 0 radical (unpaired) electrons. The van der Waals surface area contributed by atoms with E-state index in [1.54, 1.807) is 0 Å². The molecular weight excluding hydrogens is 244 g/mol. The fourth-order valence-electron chi connectivity index (χ4n) is 2.71. The molecule has 0 atom stereocenters. The molecule has 1 aliphatic carbocycles. The molecule has 2 heteroatoms. The Bertz CT molecular complexity index is 416. The molecule has 112 valence electrons. The third-order valence-corrected chi connectivity index (χ3v) is 4.23. The van der Waals surface area contributed by atoms with Gasteiger partial charge in [-0.2, -0.15) is 0 Å². The zero-order valence-corrected chi connectivity index (χ0v) is 13.6. The Labute approximate surface area is 124 Å². The minimum atomic E-state index is 0.165. The standard InChI is InChI=1S/C18H30N2/c1-5-20(14-15-9-8-10-15)17-12-7-6-11-16(17)13-19-18(2,3)4/h6-7,11-12,15,19H,5,8-10,13-14H2,1-4H3. The molecule has 0 unspecified atom stereocenters. The van der Waals surface area contributed by atoms with Gasteiger partial charge in [-0.05, 0) is 58.1 Å². The smallest absolute Gasteiger partial charge is 0.0411 e. The zero-order valence-electron chi connectivity index (χ0n) is 13.6. The van der Waals surface area contributed by atoms with Crippen molar-refractivity contribution in [3.05, 3.63) is 29.8 Å². The van der Waals surface area contributed by atoms with Crippen LogP contribution in [0.3, 0.4) is 0 Å². The zero-order chi connectivity index (χ0) is 14.6. The predicted octanol–water partition coefficient (Wildman–Crippen LogP) is 4.20. The molecule has 1 aliphatic rings. The van der Waals surface area contributed by atoms with Crippen LogP contribution in [-0.4, -0.2) is 18.6 Å². The van der Waals surface area contributed by atoms with Gasteiger partial charge in [0.05, 0.1) is 0 Å². The Morgan fingerprint density at radius 2 is 1.90 bits per heavy atom. The van der Waals surface area contributed by atoms with E-state index < -0.39 is 0 Å². The highest BCUT2D eigenvalue weighted by atomic mass is 15.1. The van der Waals surface area contributed by atoms with E-state index in [0.29, 0.717) is 0 Å². The lowest BCUT2D eigenvalue weighted by molar-refractivity contribution is 0.318. The van der Waals surface area contributed by atoms with Crippen LogP contribution < -0.4 is 10.2 Å². The second-order valence-corrected chi connectivity index (χ2v) is 7.07. The van der Waals surface area contributed by atoms with Crippen molar-refractivity contribution in [1.29, 1.82) is 0 Å². The Kier molecular flexibility index (Phi) is 5.09. The Morgan fingerprint density at radius 3 is 2.45 bits per heavy atom. The summed E-state index contributed by atoms with van der Waals surface area (Å²) in [5.41, 5.74) is 3.00. The molecule has 2 rings (SSSR count). The van der Waals surface area contributed by atoms with Crippen molar-refractivity contribution in [3.63, 3.8) is 0 Å². The fraction of sp³-hybridized carbons (Fsp3) is 0.667. The monoisotopic (exact) mass is 274 g/mol. The number of para-hydroxylation sites is 1. The Balaban J connectivity index is 2.07. The van der Waals surface area contributed by atoms with Crippen LogP contribution in [0.25, 0.3) is 0 Å². The molecule has 0 aliphatic heterocycles. The summed E-state index contributed by atoms with van der Waals surface area (Å²) in [4.78, 5) is 2.56. The van der Waals surface area contributed by atoms with Gasteiger partial charge >= 0.3 is 0 Å². The van der Waals surface area contributed by atoms with Gasteiger partial charge < -0.3 is 10.2 Å². The second kappa shape index (κ2) is 6.62. The first-order valence-corrected chi connectivity index (χ1v) is 8.07. The molecule has 1 N–H and O–H groups in total. The lowest BCUT2D eigenvalue weighted by atomic mass is 9.85. The highest BCUT2D eigenvalue weighted by Crippen LogP contribution is 2.30. The quantitative estimate of drug-likeness (QED) is 0.836. The van der Waals surface area contributed by atoms with E-state index in [2.05, 4.69) is 62.2 Å². The van der Waals surface area contributed by atoms with E-state index in [0.717, 1.165) is 19.0 Å². The van der Waals surface area contributed by atoms with Gasteiger partial charge in [0.2, 0.25) is 0 Å². The van der Waals surface area contributed by atoms with Crippen molar-refractivity contribution in [3.8, 4) is 0 Å². The van der Waals surface area contributed by atoms with Crippen LogP contribution in [0.5, 0.6) is 0 Å². The van der Waals surface area contributed by atoms with Gasteiger partial charge in [-0.25, -0.2) is 0 Å². The summed E-state index contributed by atoms with van der Waals surface area (Å²) in [7, 11) is 0. The van der Waals surface area contributed by atoms with Crippen LogP contribution in [0, 0.1) is 5.92 Å². The van der Waals surface area contributed by atoms with Gasteiger partial charge in [-0.15, -0.1) is 0 Å². The summed E-state index contributed by atoms with van der Waals surface area (Å²) in [6, 6.07) is 8.86. The maximum atomic E-state index is 3.61. The Hall–Kier alpha value is -1.02. The molecule has 20 heavy (non-hydrogen) atoms. The number of benzene rings is 1. The maximum Gasteiger partial charge on any atom is 0.0411 e. The third kappa shape index (κ3) is 4.24. The largest absolute Gasteiger partial charge is 0.371 e. The highest BCUT2D eigenvalue weighted by Gasteiger charge is 2.21. The predicted molar refractivity (Wildman–Crippen MR) is 88.3 cm³/mol. The van der Waals surface area contributed by atoms with Gasteiger partial charge in [0.1, 0.15) is 0 Å². The van der Waals surface area contributed by atoms with E-state index in [9.17, 15) is 0 Å². The fourth-order valence-corrected chi connectivity index (χ4v) is 2.71. The molecule has 1 aromatic carbocycles. The van der Waals surface area contributed by atoms with Crippen molar-refractivity contribution >= 4 is 5.69 Å². The average molecular weight is 274 g/mol. The normalized spacial score (nSPS) is 16.0. The van der Waals surface area contributed by atoms with E-state index in [1.807, 2.05) is 0 Å². The molecule has 0 saturated heterocycles. The molecule has 0 heterocycles. The first-order chi connectivity index (χ1) is 9.49. The number of anilines is 1. The van der Waals surface area contributed by atoms with Crippen molar-refractivity contribution in [2.45, 2.75) is 59.0 Å². The summed E-state index contributed by atoms with van der Waals surface area (Å²) in [6.07, 6.45) is 4.26. The molecule has 0 spiro atoms. The van der Waals surface area contributed by atoms with Crippen molar-refractivity contribution in [2.24, 2.45) is 5.92 Å². The van der Waals surface area contributed by atoms with Crippen LogP contribution in [0.15, 0.2) is 24.3 Å². The molecule has 1 fully saturated rings. The molecule has 0 bridgehead atoms. The van der Waals surface area contributed by atoms with E-state index in [-0.39, 0.29) is 5.54 Å². The first-order valence-electron chi connectivity index (χ1n) is 8.07. The summed E-state index contributed by atoms with van der Waals surface area (Å²) in [6.45, 7) is 12.2. The van der Waals surface area contributed by atoms with Crippen molar-refractivity contribution in [2.75, 3.05) is 18.0 Å². The van der Waals surface area contributed by atoms with Gasteiger partial charge in [-0.1, -0.05) is 24.6 Å². The Morgan fingerprint density at radius 1 is 1.20 bits per heavy atom. The highest BCUT2D eigenvalue weighted by molar-refractivity contribution is 5.53. The van der Waals surface area contributed by atoms with Crippen LogP contribution in [0.1, 0.15) is 52.5 Å². The molecule has 0 aromatic heterocycles. The second-order valence-electron chi connectivity index (χ2n) is 7.07. The van der Waals surface area contributed by atoms with Crippen LogP contribution in [-0.2, 0) is 6.54 Å². The molecule has 2 nitrogen and oxygen atoms in total. The lowest BCUT2D eigenvalue weighted by Crippen LogP contribution is -2.37. The van der Waals surface area contributed by atoms with E-state index >= 15 is 0 Å². The molecule has 1 saturated carbocycles. The number of nitrogens with zero attached hydrogens (tertiary/aromatic N) is 1. The topological polar surface area (TPSA) is 15.3 Å². The van der Waals surface area contributed by atoms with E-state index in [4.69, 9.17) is 0 Å². The van der Waals surface area contributed by atoms with Gasteiger partial charge in [0, 0.05) is 30.9 Å². The third-order valence-electron chi connectivity index (χ3n) is 4.23. The summed E-state index contributed by atoms with van der Waals surface area (Å²) >= 11 is 0. The molecule has 1 aromatic rings. The van der Waals surface area contributed by atoms with Crippen LogP contribution >= 0.6 is 0 Å².